The molecule has 2 aromatic rings. The molecule has 1 aromatic heterocycles. The fourth-order valence-electron chi connectivity index (χ4n) is 1.59. The lowest BCUT2D eigenvalue weighted by Gasteiger charge is -2.09. The zero-order chi connectivity index (χ0) is 13.8. The number of rotatable bonds is 4. The Hall–Kier alpha value is -1.79. The first kappa shape index (κ1) is 13.6. The Labute approximate surface area is 118 Å². The minimum atomic E-state index is -0.251. The summed E-state index contributed by atoms with van der Waals surface area (Å²) < 4.78 is 0. The number of carbonyl (C=O) groups is 1. The summed E-state index contributed by atoms with van der Waals surface area (Å²) in [5.41, 5.74) is 1.84. The lowest BCUT2D eigenvalue weighted by Crippen LogP contribution is -2.24. The molecule has 1 aromatic carbocycles. The standard InChI is InChI=1S/C12H12ClN3O2S/c1-14-10-3-2-7(13)4-9(10)11(17)15-5-8-6-19-12(18)16-8/h2-4,6,14H,5H2,1H3,(H,15,17)(H,16,18). The van der Waals surface area contributed by atoms with Gasteiger partial charge in [-0.25, -0.2) is 0 Å². The molecule has 0 unspecified atom stereocenters. The van der Waals surface area contributed by atoms with E-state index in [-0.39, 0.29) is 17.3 Å². The quantitative estimate of drug-likeness (QED) is 0.809. The van der Waals surface area contributed by atoms with Crippen LogP contribution in [0.4, 0.5) is 5.69 Å². The monoisotopic (exact) mass is 297 g/mol. The van der Waals surface area contributed by atoms with Gasteiger partial charge in [0.1, 0.15) is 0 Å². The topological polar surface area (TPSA) is 74.0 Å². The molecular weight excluding hydrogens is 286 g/mol. The Balaban J connectivity index is 2.11. The van der Waals surface area contributed by atoms with Gasteiger partial charge in [-0.15, -0.1) is 0 Å². The Morgan fingerprint density at radius 2 is 2.26 bits per heavy atom. The summed E-state index contributed by atoms with van der Waals surface area (Å²) in [6.45, 7) is 0.271. The van der Waals surface area contributed by atoms with Crippen LogP contribution in [0.1, 0.15) is 16.1 Å². The summed E-state index contributed by atoms with van der Waals surface area (Å²) in [6.07, 6.45) is 0. The Kier molecular flexibility index (Phi) is 4.24. The zero-order valence-corrected chi connectivity index (χ0v) is 11.7. The van der Waals surface area contributed by atoms with Crippen molar-refractivity contribution in [1.82, 2.24) is 10.3 Å². The molecular formula is C12H12ClN3O2S. The predicted molar refractivity (Wildman–Crippen MR) is 77.1 cm³/mol. The number of H-pyrrole nitrogens is 1. The van der Waals surface area contributed by atoms with E-state index in [1.165, 1.54) is 0 Å². The number of thiazole rings is 1. The summed E-state index contributed by atoms with van der Waals surface area (Å²) in [4.78, 5) is 25.5. The molecule has 1 heterocycles. The van der Waals surface area contributed by atoms with Crippen LogP contribution in [0.2, 0.25) is 5.02 Å². The lowest BCUT2D eigenvalue weighted by molar-refractivity contribution is 0.0951. The number of carbonyl (C=O) groups excluding carboxylic acids is 1. The van der Waals surface area contributed by atoms with Gasteiger partial charge in [0.2, 0.25) is 0 Å². The third kappa shape index (κ3) is 3.36. The van der Waals surface area contributed by atoms with Gasteiger partial charge in [0.15, 0.2) is 0 Å². The van der Waals surface area contributed by atoms with Gasteiger partial charge in [-0.05, 0) is 18.2 Å². The van der Waals surface area contributed by atoms with Gasteiger partial charge in [-0.3, -0.25) is 9.59 Å². The van der Waals surface area contributed by atoms with Crippen molar-refractivity contribution in [2.75, 3.05) is 12.4 Å². The second-order valence-corrected chi connectivity index (χ2v) is 5.07. The number of aromatic nitrogens is 1. The Bertz CT molecular complexity index is 650. The number of hydrogen-bond donors (Lipinski definition) is 3. The number of aromatic amines is 1. The van der Waals surface area contributed by atoms with Crippen molar-refractivity contribution < 1.29 is 4.79 Å². The maximum absolute atomic E-state index is 12.1. The van der Waals surface area contributed by atoms with Crippen molar-refractivity contribution in [3.8, 4) is 0 Å². The van der Waals surface area contributed by atoms with Crippen LogP contribution in [0.25, 0.3) is 0 Å². The van der Waals surface area contributed by atoms with Crippen LogP contribution in [-0.2, 0) is 6.54 Å². The van der Waals surface area contributed by atoms with Crippen LogP contribution >= 0.6 is 22.9 Å². The van der Waals surface area contributed by atoms with Crippen LogP contribution in [0.15, 0.2) is 28.4 Å². The molecule has 1 amide bonds. The van der Waals surface area contributed by atoms with E-state index in [4.69, 9.17) is 11.6 Å². The summed E-state index contributed by atoms with van der Waals surface area (Å²) in [6, 6.07) is 5.04. The maximum atomic E-state index is 12.1. The lowest BCUT2D eigenvalue weighted by atomic mass is 10.1. The largest absolute Gasteiger partial charge is 0.387 e. The van der Waals surface area contributed by atoms with Crippen molar-refractivity contribution >= 4 is 34.5 Å². The van der Waals surface area contributed by atoms with Crippen molar-refractivity contribution in [3.05, 3.63) is 49.5 Å². The second-order valence-electron chi connectivity index (χ2n) is 3.80. The first-order chi connectivity index (χ1) is 9.10. The highest BCUT2D eigenvalue weighted by molar-refractivity contribution is 7.07. The third-order valence-corrected chi connectivity index (χ3v) is 3.46. The van der Waals surface area contributed by atoms with Crippen molar-refractivity contribution in [2.24, 2.45) is 0 Å². The van der Waals surface area contributed by atoms with Crippen LogP contribution < -0.4 is 15.5 Å². The maximum Gasteiger partial charge on any atom is 0.304 e. The number of benzene rings is 1. The fraction of sp³-hybridized carbons (Fsp3) is 0.167. The summed E-state index contributed by atoms with van der Waals surface area (Å²) in [5, 5.41) is 7.83. The molecule has 0 spiro atoms. The Morgan fingerprint density at radius 3 is 2.89 bits per heavy atom. The molecule has 0 bridgehead atoms. The number of anilines is 1. The fourth-order valence-corrected chi connectivity index (χ4v) is 2.35. The summed E-state index contributed by atoms with van der Waals surface area (Å²) in [7, 11) is 1.73. The van der Waals surface area contributed by atoms with E-state index in [1.54, 1.807) is 30.6 Å². The van der Waals surface area contributed by atoms with Gasteiger partial charge in [0, 0.05) is 28.8 Å². The van der Waals surface area contributed by atoms with Gasteiger partial charge in [0.05, 0.1) is 12.1 Å². The molecule has 2 rings (SSSR count). The number of halogens is 1. The first-order valence-electron chi connectivity index (χ1n) is 5.52. The second kappa shape index (κ2) is 5.90. The minimum Gasteiger partial charge on any atom is -0.387 e. The Morgan fingerprint density at radius 1 is 1.47 bits per heavy atom. The smallest absolute Gasteiger partial charge is 0.304 e. The van der Waals surface area contributed by atoms with Crippen molar-refractivity contribution in [3.63, 3.8) is 0 Å². The molecule has 0 aliphatic heterocycles. The van der Waals surface area contributed by atoms with E-state index >= 15 is 0 Å². The van der Waals surface area contributed by atoms with Gasteiger partial charge in [-0.1, -0.05) is 22.9 Å². The van der Waals surface area contributed by atoms with Gasteiger partial charge in [0.25, 0.3) is 5.91 Å². The minimum absolute atomic E-state index is 0.136. The number of amides is 1. The summed E-state index contributed by atoms with van der Waals surface area (Å²) >= 11 is 6.95. The first-order valence-corrected chi connectivity index (χ1v) is 6.78. The molecule has 0 saturated carbocycles. The number of nitrogens with one attached hydrogen (secondary N) is 3. The molecule has 0 aliphatic carbocycles. The predicted octanol–water partition coefficient (Wildman–Crippen LogP) is 2.06. The molecule has 19 heavy (non-hydrogen) atoms. The van der Waals surface area contributed by atoms with E-state index in [1.807, 2.05) is 0 Å². The van der Waals surface area contributed by atoms with Gasteiger partial charge >= 0.3 is 4.87 Å². The van der Waals surface area contributed by atoms with E-state index in [2.05, 4.69) is 15.6 Å². The molecule has 0 fully saturated rings. The normalized spacial score (nSPS) is 10.2. The highest BCUT2D eigenvalue weighted by Crippen LogP contribution is 2.20. The molecule has 0 atom stereocenters. The van der Waals surface area contributed by atoms with E-state index in [0.717, 1.165) is 11.3 Å². The molecule has 100 valence electrons. The molecule has 0 aliphatic rings. The van der Waals surface area contributed by atoms with Crippen molar-refractivity contribution in [2.45, 2.75) is 6.54 Å². The molecule has 5 nitrogen and oxygen atoms in total. The average Bonchev–Trinajstić information content (AvgIpc) is 2.81. The number of hydrogen-bond acceptors (Lipinski definition) is 4. The molecule has 0 saturated heterocycles. The molecule has 7 heteroatoms. The molecule has 0 radical (unpaired) electrons. The highest BCUT2D eigenvalue weighted by Gasteiger charge is 2.11. The van der Waals surface area contributed by atoms with Crippen LogP contribution in [-0.4, -0.2) is 17.9 Å². The third-order valence-electron chi connectivity index (χ3n) is 2.51. The zero-order valence-electron chi connectivity index (χ0n) is 10.1. The SMILES string of the molecule is CNc1ccc(Cl)cc1C(=O)NCc1csc(=O)[nH]1. The van der Waals surface area contributed by atoms with Gasteiger partial charge in [-0.2, -0.15) is 0 Å². The van der Waals surface area contributed by atoms with E-state index in [0.29, 0.717) is 22.0 Å². The summed E-state index contributed by atoms with van der Waals surface area (Å²) in [5.74, 6) is -0.251. The van der Waals surface area contributed by atoms with Crippen LogP contribution in [0.5, 0.6) is 0 Å². The average molecular weight is 298 g/mol. The van der Waals surface area contributed by atoms with Crippen LogP contribution in [0.3, 0.4) is 0 Å². The van der Waals surface area contributed by atoms with E-state index in [9.17, 15) is 9.59 Å². The van der Waals surface area contributed by atoms with Gasteiger partial charge < -0.3 is 15.6 Å². The van der Waals surface area contributed by atoms with Crippen molar-refractivity contribution in [1.29, 1.82) is 0 Å². The molecule has 3 N–H and O–H groups in total. The van der Waals surface area contributed by atoms with E-state index < -0.39 is 0 Å². The van der Waals surface area contributed by atoms with Crippen LogP contribution in [0, 0.1) is 0 Å². The highest BCUT2D eigenvalue weighted by atomic mass is 35.5.